The van der Waals surface area contributed by atoms with Gasteiger partial charge in [-0.3, -0.25) is 0 Å². The van der Waals surface area contributed by atoms with Gasteiger partial charge in [-0.15, -0.1) is 0 Å². The fourth-order valence-corrected chi connectivity index (χ4v) is 3.78. The van der Waals surface area contributed by atoms with E-state index in [0.717, 1.165) is 42.5 Å². The van der Waals surface area contributed by atoms with E-state index in [1.165, 1.54) is 16.6 Å². The molecule has 24 heavy (non-hydrogen) atoms. The Hall–Kier alpha value is -2.66. The van der Waals surface area contributed by atoms with Crippen LogP contribution in [0.3, 0.4) is 0 Å². The second kappa shape index (κ2) is 5.46. The van der Waals surface area contributed by atoms with Crippen molar-refractivity contribution in [2.45, 2.75) is 18.9 Å². The molecular formula is C19H19N5. The second-order valence-electron chi connectivity index (χ2n) is 6.43. The number of aromatic amines is 1. The van der Waals surface area contributed by atoms with Gasteiger partial charge < -0.3 is 14.9 Å². The van der Waals surface area contributed by atoms with Crippen molar-refractivity contribution in [3.05, 3.63) is 49.1 Å². The van der Waals surface area contributed by atoms with Gasteiger partial charge in [-0.1, -0.05) is 6.07 Å². The van der Waals surface area contributed by atoms with Crippen LogP contribution in [0.5, 0.6) is 0 Å². The van der Waals surface area contributed by atoms with Crippen LogP contribution in [0.4, 0.5) is 0 Å². The van der Waals surface area contributed by atoms with Crippen LogP contribution in [0.2, 0.25) is 0 Å². The summed E-state index contributed by atoms with van der Waals surface area (Å²) in [4.78, 5) is 12.2. The molecule has 0 saturated carbocycles. The van der Waals surface area contributed by atoms with Gasteiger partial charge in [0.25, 0.3) is 0 Å². The Morgan fingerprint density at radius 2 is 1.96 bits per heavy atom. The third-order valence-corrected chi connectivity index (χ3v) is 5.05. The van der Waals surface area contributed by atoms with Gasteiger partial charge in [-0.25, -0.2) is 9.97 Å². The summed E-state index contributed by atoms with van der Waals surface area (Å²) in [5.74, 6) is 0. The number of nitrogens with one attached hydrogen (secondary N) is 2. The van der Waals surface area contributed by atoms with Crippen LogP contribution >= 0.6 is 0 Å². The highest BCUT2D eigenvalue weighted by molar-refractivity contribution is 5.95. The molecule has 1 saturated heterocycles. The number of fused-ring (bicyclic) bond motifs is 2. The number of imidazole rings is 1. The van der Waals surface area contributed by atoms with E-state index < -0.39 is 0 Å². The number of nitrogens with zero attached hydrogens (tertiary/aromatic N) is 3. The lowest BCUT2D eigenvalue weighted by molar-refractivity contribution is 0.375. The lowest BCUT2D eigenvalue weighted by Crippen LogP contribution is -2.29. The molecule has 0 atom stereocenters. The minimum Gasteiger partial charge on any atom is -0.346 e. The predicted molar refractivity (Wildman–Crippen MR) is 96.0 cm³/mol. The molecule has 1 aromatic carbocycles. The molecule has 0 radical (unpaired) electrons. The van der Waals surface area contributed by atoms with Gasteiger partial charge in [0.1, 0.15) is 5.65 Å². The summed E-state index contributed by atoms with van der Waals surface area (Å²) in [6.45, 7) is 2.16. The van der Waals surface area contributed by atoms with E-state index in [0.29, 0.717) is 6.04 Å². The number of rotatable bonds is 2. The smallest absolute Gasteiger partial charge is 0.137 e. The summed E-state index contributed by atoms with van der Waals surface area (Å²) >= 11 is 0. The maximum Gasteiger partial charge on any atom is 0.137 e. The molecule has 2 N–H and O–H groups in total. The van der Waals surface area contributed by atoms with E-state index in [4.69, 9.17) is 0 Å². The molecule has 1 fully saturated rings. The fourth-order valence-electron chi connectivity index (χ4n) is 3.78. The van der Waals surface area contributed by atoms with Crippen molar-refractivity contribution in [3.63, 3.8) is 0 Å². The first-order valence-electron chi connectivity index (χ1n) is 8.50. The summed E-state index contributed by atoms with van der Waals surface area (Å²) in [5.41, 5.74) is 5.64. The molecule has 0 unspecified atom stereocenters. The van der Waals surface area contributed by atoms with Crippen molar-refractivity contribution in [2.24, 2.45) is 0 Å². The summed E-state index contributed by atoms with van der Waals surface area (Å²) in [7, 11) is 0. The minimum atomic E-state index is 0.538. The Morgan fingerprint density at radius 3 is 2.88 bits per heavy atom. The molecule has 3 aromatic heterocycles. The highest BCUT2D eigenvalue weighted by atomic mass is 15.1. The van der Waals surface area contributed by atoms with Crippen molar-refractivity contribution >= 4 is 22.1 Å². The third-order valence-electron chi connectivity index (χ3n) is 5.05. The summed E-state index contributed by atoms with van der Waals surface area (Å²) < 4.78 is 2.36. The molecule has 4 heterocycles. The number of H-pyrrole nitrogens is 1. The van der Waals surface area contributed by atoms with Gasteiger partial charge in [0.15, 0.2) is 0 Å². The van der Waals surface area contributed by atoms with Gasteiger partial charge in [0.2, 0.25) is 0 Å². The van der Waals surface area contributed by atoms with Gasteiger partial charge in [0.05, 0.1) is 17.4 Å². The van der Waals surface area contributed by atoms with Crippen molar-refractivity contribution < 1.29 is 0 Å². The SMILES string of the molecule is c1cc(-c2ccc3ncn(C4CCNCC4)c3c2)c2cc[nH]c2n1. The van der Waals surface area contributed by atoms with E-state index in [2.05, 4.69) is 55.2 Å². The standard InChI is InChI=1S/C19H19N5/c1-2-17-18(24(12-23-17)14-3-7-20-8-4-14)11-13(1)15-5-9-21-19-16(15)6-10-22-19/h1-2,5-6,9-12,14,20H,3-4,7-8H2,(H,21,22). The first-order chi connectivity index (χ1) is 11.9. The normalized spacial score (nSPS) is 16.2. The van der Waals surface area contributed by atoms with Gasteiger partial charge in [-0.05, 0) is 61.3 Å². The summed E-state index contributed by atoms with van der Waals surface area (Å²) in [6, 6.07) is 11.3. The summed E-state index contributed by atoms with van der Waals surface area (Å²) in [6.07, 6.45) is 8.13. The Balaban J connectivity index is 1.66. The number of aromatic nitrogens is 4. The van der Waals surface area contributed by atoms with E-state index in [1.807, 2.05) is 18.7 Å². The zero-order chi connectivity index (χ0) is 15.9. The number of hydrogen-bond acceptors (Lipinski definition) is 3. The Bertz CT molecular complexity index is 1010. The first kappa shape index (κ1) is 13.7. The van der Waals surface area contributed by atoms with E-state index >= 15 is 0 Å². The lowest BCUT2D eigenvalue weighted by Gasteiger charge is -2.24. The second-order valence-corrected chi connectivity index (χ2v) is 6.43. The van der Waals surface area contributed by atoms with Gasteiger partial charge >= 0.3 is 0 Å². The molecule has 5 rings (SSSR count). The molecule has 5 heteroatoms. The topological polar surface area (TPSA) is 58.5 Å². The van der Waals surface area contributed by atoms with Crippen LogP contribution in [0.15, 0.2) is 49.1 Å². The average molecular weight is 317 g/mol. The lowest BCUT2D eigenvalue weighted by atomic mass is 10.0. The molecule has 120 valence electrons. The Labute approximate surface area is 139 Å². The number of hydrogen-bond donors (Lipinski definition) is 2. The summed E-state index contributed by atoms with van der Waals surface area (Å²) in [5, 5.41) is 4.59. The van der Waals surface area contributed by atoms with Crippen molar-refractivity contribution in [1.29, 1.82) is 0 Å². The molecule has 1 aliphatic rings. The number of benzene rings is 1. The molecule has 5 nitrogen and oxygen atoms in total. The minimum absolute atomic E-state index is 0.538. The van der Waals surface area contributed by atoms with Crippen LogP contribution < -0.4 is 5.32 Å². The van der Waals surface area contributed by atoms with Crippen LogP contribution in [0, 0.1) is 0 Å². The highest BCUT2D eigenvalue weighted by Gasteiger charge is 2.17. The quantitative estimate of drug-likeness (QED) is 0.595. The maximum absolute atomic E-state index is 4.60. The molecule has 4 aromatic rings. The van der Waals surface area contributed by atoms with E-state index in [-0.39, 0.29) is 0 Å². The van der Waals surface area contributed by atoms with Crippen LogP contribution in [0.1, 0.15) is 18.9 Å². The van der Waals surface area contributed by atoms with Crippen molar-refractivity contribution in [1.82, 2.24) is 24.8 Å². The molecule has 1 aliphatic heterocycles. The van der Waals surface area contributed by atoms with Crippen molar-refractivity contribution in [2.75, 3.05) is 13.1 Å². The van der Waals surface area contributed by atoms with Crippen LogP contribution in [-0.4, -0.2) is 32.6 Å². The Morgan fingerprint density at radius 1 is 1.04 bits per heavy atom. The van der Waals surface area contributed by atoms with Gasteiger partial charge in [0, 0.05) is 23.8 Å². The predicted octanol–water partition coefficient (Wildman–Crippen LogP) is 3.50. The zero-order valence-electron chi connectivity index (χ0n) is 13.4. The van der Waals surface area contributed by atoms with Gasteiger partial charge in [-0.2, -0.15) is 0 Å². The van der Waals surface area contributed by atoms with E-state index in [9.17, 15) is 0 Å². The number of pyridine rings is 1. The van der Waals surface area contributed by atoms with E-state index in [1.54, 1.807) is 0 Å². The molecule has 0 bridgehead atoms. The molecule has 0 aliphatic carbocycles. The van der Waals surface area contributed by atoms with Crippen LogP contribution in [0.25, 0.3) is 33.2 Å². The van der Waals surface area contributed by atoms with Crippen LogP contribution in [-0.2, 0) is 0 Å². The Kier molecular flexibility index (Phi) is 3.13. The fraction of sp³-hybridized carbons (Fsp3) is 0.263. The van der Waals surface area contributed by atoms with Crippen molar-refractivity contribution in [3.8, 4) is 11.1 Å². The molecule has 0 amide bonds. The monoisotopic (exact) mass is 317 g/mol. The third kappa shape index (κ3) is 2.12. The highest BCUT2D eigenvalue weighted by Crippen LogP contribution is 2.31. The maximum atomic E-state index is 4.60. The average Bonchev–Trinajstić information content (AvgIpc) is 3.28. The number of piperidine rings is 1. The zero-order valence-corrected chi connectivity index (χ0v) is 13.4. The molecular weight excluding hydrogens is 298 g/mol. The first-order valence-corrected chi connectivity index (χ1v) is 8.50. The largest absolute Gasteiger partial charge is 0.346 e. The molecule has 0 spiro atoms.